The van der Waals surface area contributed by atoms with Crippen molar-refractivity contribution in [1.29, 1.82) is 0 Å². The van der Waals surface area contributed by atoms with Crippen molar-refractivity contribution < 1.29 is 32.7 Å². The van der Waals surface area contributed by atoms with E-state index < -0.39 is 55.2 Å². The zero-order valence-corrected chi connectivity index (χ0v) is 17.2. The second kappa shape index (κ2) is 9.72. The molecule has 174 valence electrons. The number of nitrogens with two attached hydrogens (primary N) is 1. The Morgan fingerprint density at radius 1 is 1.15 bits per heavy atom. The van der Waals surface area contributed by atoms with E-state index in [0.717, 1.165) is 0 Å². The molecule has 0 fully saturated rings. The lowest BCUT2D eigenvalue weighted by molar-refractivity contribution is -0.143. The molecular weight excluding hydrogens is 441 g/mol. The number of amides is 3. The molecule has 3 rings (SSSR count). The summed E-state index contributed by atoms with van der Waals surface area (Å²) < 4.78 is 38.0. The molecule has 0 saturated carbocycles. The largest absolute Gasteiger partial charge is 0.506 e. The molecule has 0 aromatic heterocycles. The van der Waals surface area contributed by atoms with Crippen LogP contribution >= 0.6 is 0 Å². The number of fused-ring (bicyclic) bond motifs is 1. The van der Waals surface area contributed by atoms with Gasteiger partial charge in [-0.2, -0.15) is 13.2 Å². The number of benzodiazepines with no additional fused rings is 1. The molecule has 3 amide bonds. The second-order valence-electron chi connectivity index (χ2n) is 7.47. The molecule has 5 N–H and O–H groups in total. The molecular formula is C22H21F3N4O4. The van der Waals surface area contributed by atoms with Gasteiger partial charge in [0.15, 0.2) is 0 Å². The van der Waals surface area contributed by atoms with Crippen molar-refractivity contribution >= 4 is 29.1 Å². The smallest absolute Gasteiger partial charge is 0.389 e. The minimum Gasteiger partial charge on any atom is -0.506 e. The van der Waals surface area contributed by atoms with Crippen LogP contribution in [0.1, 0.15) is 30.4 Å². The first kappa shape index (κ1) is 23.8. The number of phenols is 1. The molecule has 11 heteroatoms. The minimum atomic E-state index is -4.53. The first-order valence-electron chi connectivity index (χ1n) is 9.97. The third kappa shape index (κ3) is 6.09. The maximum atomic E-state index is 12.8. The fourth-order valence-corrected chi connectivity index (χ4v) is 3.40. The number of rotatable bonds is 7. The Morgan fingerprint density at radius 3 is 2.48 bits per heavy atom. The van der Waals surface area contributed by atoms with Crippen LogP contribution in [0.25, 0.3) is 0 Å². The highest BCUT2D eigenvalue weighted by Crippen LogP contribution is 2.32. The number of aliphatic imine (C=N–C) groups is 1. The van der Waals surface area contributed by atoms with Gasteiger partial charge in [-0.25, -0.2) is 4.99 Å². The summed E-state index contributed by atoms with van der Waals surface area (Å²) in [6, 6.07) is 13.2. The van der Waals surface area contributed by atoms with E-state index in [4.69, 9.17) is 5.73 Å². The third-order valence-corrected chi connectivity index (χ3v) is 4.97. The third-order valence-electron chi connectivity index (χ3n) is 4.97. The van der Waals surface area contributed by atoms with Crippen LogP contribution in [0.2, 0.25) is 0 Å². The molecule has 0 bridgehead atoms. The molecule has 2 aromatic carbocycles. The Balaban J connectivity index is 1.95. The summed E-state index contributed by atoms with van der Waals surface area (Å²) in [6.45, 7) is 0. The van der Waals surface area contributed by atoms with Crippen molar-refractivity contribution in [2.24, 2.45) is 16.6 Å². The van der Waals surface area contributed by atoms with Gasteiger partial charge in [0.25, 0.3) is 5.91 Å². The summed E-state index contributed by atoms with van der Waals surface area (Å²) in [5.41, 5.74) is 6.40. The molecule has 0 radical (unpaired) electrons. The highest BCUT2D eigenvalue weighted by molar-refractivity contribution is 6.20. The minimum absolute atomic E-state index is 0.0765. The van der Waals surface area contributed by atoms with E-state index in [1.54, 1.807) is 42.5 Å². The van der Waals surface area contributed by atoms with Crippen LogP contribution in [-0.2, 0) is 14.4 Å². The first-order valence-corrected chi connectivity index (χ1v) is 9.97. The van der Waals surface area contributed by atoms with E-state index in [-0.39, 0.29) is 17.1 Å². The predicted octanol–water partition coefficient (Wildman–Crippen LogP) is 2.46. The van der Waals surface area contributed by atoms with Crippen molar-refractivity contribution in [1.82, 2.24) is 5.32 Å². The van der Waals surface area contributed by atoms with Crippen LogP contribution in [0.15, 0.2) is 53.5 Å². The average molecular weight is 462 g/mol. The summed E-state index contributed by atoms with van der Waals surface area (Å²) >= 11 is 0. The predicted molar refractivity (Wildman–Crippen MR) is 113 cm³/mol. The van der Waals surface area contributed by atoms with Gasteiger partial charge in [-0.15, -0.1) is 0 Å². The number of alkyl halides is 3. The van der Waals surface area contributed by atoms with Crippen molar-refractivity contribution in [2.75, 3.05) is 5.32 Å². The van der Waals surface area contributed by atoms with Gasteiger partial charge >= 0.3 is 6.18 Å². The summed E-state index contributed by atoms with van der Waals surface area (Å²) in [7, 11) is 0. The number of hydrogen-bond donors (Lipinski definition) is 4. The molecule has 0 saturated heterocycles. The topological polar surface area (TPSA) is 134 Å². The quantitative estimate of drug-likeness (QED) is 0.470. The molecule has 0 aliphatic carbocycles. The van der Waals surface area contributed by atoms with Crippen molar-refractivity contribution in [3.63, 3.8) is 0 Å². The average Bonchev–Trinajstić information content (AvgIpc) is 2.88. The Morgan fingerprint density at radius 2 is 1.85 bits per heavy atom. The van der Waals surface area contributed by atoms with E-state index >= 15 is 0 Å². The lowest BCUT2D eigenvalue weighted by atomic mass is 9.97. The summed E-state index contributed by atoms with van der Waals surface area (Å²) in [4.78, 5) is 41.2. The van der Waals surface area contributed by atoms with Gasteiger partial charge in [-0.1, -0.05) is 42.5 Å². The molecule has 1 aliphatic heterocycles. The maximum absolute atomic E-state index is 12.8. The number of benzene rings is 2. The normalized spacial score (nSPS) is 16.6. The number of nitrogens with zero attached hydrogens (tertiary/aromatic N) is 1. The molecule has 2 unspecified atom stereocenters. The lowest BCUT2D eigenvalue weighted by Gasteiger charge is -2.19. The zero-order valence-electron chi connectivity index (χ0n) is 17.2. The number of aromatic hydroxyl groups is 1. The van der Waals surface area contributed by atoms with Gasteiger partial charge in [0, 0.05) is 29.9 Å². The molecule has 8 nitrogen and oxygen atoms in total. The van der Waals surface area contributed by atoms with E-state index in [1.807, 2.05) is 0 Å². The van der Waals surface area contributed by atoms with Crippen LogP contribution in [0.3, 0.4) is 0 Å². The molecule has 33 heavy (non-hydrogen) atoms. The van der Waals surface area contributed by atoms with Crippen molar-refractivity contribution in [3.05, 3.63) is 59.7 Å². The highest BCUT2D eigenvalue weighted by atomic mass is 19.4. The molecule has 0 spiro atoms. The number of nitrogens with one attached hydrogen (secondary N) is 2. The molecule has 2 aromatic rings. The number of phenolic OH excluding ortho intramolecular Hbond substituents is 1. The van der Waals surface area contributed by atoms with E-state index in [9.17, 15) is 32.7 Å². The fraction of sp³-hybridized carbons (Fsp3) is 0.273. The van der Waals surface area contributed by atoms with Gasteiger partial charge in [0.05, 0.1) is 11.4 Å². The van der Waals surface area contributed by atoms with E-state index in [2.05, 4.69) is 15.6 Å². The Bertz CT molecular complexity index is 1090. The Hall–Kier alpha value is -3.89. The molecule has 2 atom stereocenters. The summed E-state index contributed by atoms with van der Waals surface area (Å²) in [6.07, 6.45) is -8.66. The number of primary amides is 1. The van der Waals surface area contributed by atoms with Gasteiger partial charge in [-0.3, -0.25) is 14.4 Å². The standard InChI is InChI=1S/C22H21F3N4O4/c23-22(24,25)10-9-13(11-16(26)31)20(32)29-19-21(33)28-18-14(7-4-8-15(18)30)17(27-19)12-5-2-1-3-6-12/h1-8,13,19,30H,9-11H2,(H2,26,31)(H,28,33)(H,29,32). The van der Waals surface area contributed by atoms with Crippen LogP contribution in [0.5, 0.6) is 5.75 Å². The van der Waals surface area contributed by atoms with Gasteiger partial charge in [0.2, 0.25) is 18.0 Å². The van der Waals surface area contributed by atoms with Crippen LogP contribution in [-0.4, -0.2) is 40.9 Å². The number of anilines is 1. The van der Waals surface area contributed by atoms with E-state index in [1.165, 1.54) is 6.07 Å². The zero-order chi connectivity index (χ0) is 24.2. The van der Waals surface area contributed by atoms with Gasteiger partial charge in [0.1, 0.15) is 5.75 Å². The van der Waals surface area contributed by atoms with Crippen molar-refractivity contribution in [3.8, 4) is 5.75 Å². The molecule has 1 aliphatic rings. The number of para-hydroxylation sites is 1. The fourth-order valence-electron chi connectivity index (χ4n) is 3.40. The maximum Gasteiger partial charge on any atom is 0.389 e. The van der Waals surface area contributed by atoms with Gasteiger partial charge in [-0.05, 0) is 12.5 Å². The first-order chi connectivity index (χ1) is 15.5. The Labute approximate surface area is 186 Å². The lowest BCUT2D eigenvalue weighted by Crippen LogP contribution is -2.45. The summed E-state index contributed by atoms with van der Waals surface area (Å²) in [5.74, 6) is -4.36. The van der Waals surface area contributed by atoms with Crippen LogP contribution in [0.4, 0.5) is 18.9 Å². The summed E-state index contributed by atoms with van der Waals surface area (Å²) in [5, 5.41) is 15.1. The van der Waals surface area contributed by atoms with Crippen LogP contribution in [0, 0.1) is 5.92 Å². The number of carbonyl (C=O) groups excluding carboxylic acids is 3. The van der Waals surface area contributed by atoms with Crippen LogP contribution < -0.4 is 16.4 Å². The SMILES string of the molecule is NC(=O)CC(CCC(F)(F)F)C(=O)NC1N=C(c2ccccc2)c2cccc(O)c2NC1=O. The second-order valence-corrected chi connectivity index (χ2v) is 7.47. The number of halogens is 3. The number of carbonyl (C=O) groups is 3. The van der Waals surface area contributed by atoms with Crippen molar-refractivity contribution in [2.45, 2.75) is 31.6 Å². The van der Waals surface area contributed by atoms with E-state index in [0.29, 0.717) is 11.1 Å². The number of hydrogen-bond acceptors (Lipinski definition) is 5. The molecule has 1 heterocycles. The monoisotopic (exact) mass is 462 g/mol. The Kier molecular flexibility index (Phi) is 7.00. The highest BCUT2D eigenvalue weighted by Gasteiger charge is 2.34. The van der Waals surface area contributed by atoms with Gasteiger partial charge < -0.3 is 21.5 Å².